The van der Waals surface area contributed by atoms with Gasteiger partial charge in [0.25, 0.3) is 11.9 Å². The fraction of sp³-hybridized carbons (Fsp3) is 0.727. The first-order valence-electron chi connectivity index (χ1n) is 6.37. The van der Waals surface area contributed by atoms with Gasteiger partial charge in [-0.15, -0.1) is 5.10 Å². The van der Waals surface area contributed by atoms with E-state index >= 15 is 0 Å². The Balaban J connectivity index is 1.95. The minimum absolute atomic E-state index is 0.0857. The maximum atomic E-state index is 12.0. The van der Waals surface area contributed by atoms with E-state index in [1.807, 2.05) is 13.8 Å². The molecule has 1 N–H and O–H groups in total. The van der Waals surface area contributed by atoms with Gasteiger partial charge in [0.2, 0.25) is 0 Å². The highest BCUT2D eigenvalue weighted by Gasteiger charge is 2.41. The fourth-order valence-electron chi connectivity index (χ4n) is 2.02. The number of aryl methyl sites for hydroxylation is 1. The van der Waals surface area contributed by atoms with E-state index in [1.165, 1.54) is 11.9 Å². The monoisotopic (exact) mass is 283 g/mol. The Morgan fingerprint density at radius 3 is 2.90 bits per heavy atom. The van der Waals surface area contributed by atoms with Gasteiger partial charge in [0.1, 0.15) is 6.10 Å². The number of amides is 1. The molecule has 1 aliphatic heterocycles. The number of nitrogens with zero attached hydrogens (tertiary/aromatic N) is 4. The molecule has 0 spiro atoms. The van der Waals surface area contributed by atoms with Crippen LogP contribution in [0.4, 0.5) is 5.95 Å². The van der Waals surface area contributed by atoms with E-state index in [1.54, 1.807) is 0 Å². The number of anilines is 1. The van der Waals surface area contributed by atoms with Crippen molar-refractivity contribution in [3.63, 3.8) is 0 Å². The van der Waals surface area contributed by atoms with Crippen molar-refractivity contribution >= 4 is 17.8 Å². The van der Waals surface area contributed by atoms with Crippen molar-refractivity contribution in [2.75, 3.05) is 12.4 Å². The lowest BCUT2D eigenvalue weighted by Gasteiger charge is -2.12. The summed E-state index contributed by atoms with van der Waals surface area (Å²) in [5.74, 6) is -0.825. The second-order valence-corrected chi connectivity index (χ2v) is 4.57. The molecule has 9 heteroatoms. The quantitative estimate of drug-likeness (QED) is 0.749. The Morgan fingerprint density at radius 1 is 1.55 bits per heavy atom. The lowest BCUT2D eigenvalue weighted by Crippen LogP contribution is -2.31. The molecule has 0 unspecified atom stereocenters. The Kier molecular flexibility index (Phi) is 4.28. The van der Waals surface area contributed by atoms with Crippen molar-refractivity contribution in [1.29, 1.82) is 0 Å². The summed E-state index contributed by atoms with van der Waals surface area (Å²) in [6, 6.07) is 0. The van der Waals surface area contributed by atoms with Gasteiger partial charge in [-0.3, -0.25) is 10.1 Å². The fourth-order valence-corrected chi connectivity index (χ4v) is 2.02. The second-order valence-electron chi connectivity index (χ2n) is 4.57. The molecule has 0 aromatic carbocycles. The number of hydrogen-bond acceptors (Lipinski definition) is 7. The van der Waals surface area contributed by atoms with Crippen LogP contribution in [0.3, 0.4) is 0 Å². The normalized spacial score (nSPS) is 25.4. The van der Waals surface area contributed by atoms with Gasteiger partial charge in [0, 0.05) is 0 Å². The maximum Gasteiger partial charge on any atom is 0.335 e. The maximum absolute atomic E-state index is 12.0. The number of esters is 1. The minimum Gasteiger partial charge on any atom is -0.467 e. The molecular formula is C11H17N5O4. The van der Waals surface area contributed by atoms with Crippen LogP contribution in [-0.2, 0) is 25.6 Å². The van der Waals surface area contributed by atoms with Gasteiger partial charge in [-0.05, 0) is 24.5 Å². The van der Waals surface area contributed by atoms with Gasteiger partial charge in [0.15, 0.2) is 6.10 Å². The van der Waals surface area contributed by atoms with E-state index in [0.29, 0.717) is 13.0 Å². The van der Waals surface area contributed by atoms with E-state index < -0.39 is 18.2 Å². The molecule has 0 bridgehead atoms. The zero-order valence-corrected chi connectivity index (χ0v) is 11.6. The average molecular weight is 283 g/mol. The zero-order valence-electron chi connectivity index (χ0n) is 11.6. The molecule has 1 aliphatic rings. The first kappa shape index (κ1) is 14.4. The predicted molar refractivity (Wildman–Crippen MR) is 66.6 cm³/mol. The molecule has 1 aromatic heterocycles. The summed E-state index contributed by atoms with van der Waals surface area (Å²) in [4.78, 5) is 24.8. The third-order valence-corrected chi connectivity index (χ3v) is 3.11. The number of rotatable bonds is 4. The molecule has 2 rings (SSSR count). The van der Waals surface area contributed by atoms with Gasteiger partial charge < -0.3 is 9.47 Å². The summed E-state index contributed by atoms with van der Waals surface area (Å²) in [5.41, 5.74) is 0. The van der Waals surface area contributed by atoms with E-state index in [9.17, 15) is 9.59 Å². The van der Waals surface area contributed by atoms with Crippen LogP contribution in [0.5, 0.6) is 0 Å². The molecule has 1 saturated heterocycles. The summed E-state index contributed by atoms with van der Waals surface area (Å²) < 4.78 is 10.1. The van der Waals surface area contributed by atoms with Crippen LogP contribution >= 0.6 is 0 Å². The van der Waals surface area contributed by atoms with Gasteiger partial charge >= 0.3 is 5.97 Å². The lowest BCUT2D eigenvalue weighted by molar-refractivity contribution is -0.155. The van der Waals surface area contributed by atoms with Crippen LogP contribution in [0.2, 0.25) is 0 Å². The number of tetrazole rings is 1. The Bertz CT molecular complexity index is 503. The number of methoxy groups -OCH3 is 1. The van der Waals surface area contributed by atoms with Crippen LogP contribution in [0.25, 0.3) is 0 Å². The number of ether oxygens (including phenoxy) is 2. The number of nitrogens with one attached hydrogen (secondary N) is 1. The second kappa shape index (κ2) is 5.95. The highest BCUT2D eigenvalue weighted by Crippen LogP contribution is 2.27. The SMILES string of the molecule is CCn1nnc(NC(=O)[C@@H]2C[C@H](C)[C@@H](C(=O)OC)O2)n1. The van der Waals surface area contributed by atoms with E-state index in [4.69, 9.17) is 4.74 Å². The molecule has 0 saturated carbocycles. The zero-order chi connectivity index (χ0) is 14.7. The summed E-state index contributed by atoms with van der Waals surface area (Å²) in [6.07, 6.45) is -0.995. The van der Waals surface area contributed by atoms with Crippen LogP contribution in [0, 0.1) is 5.92 Å². The van der Waals surface area contributed by atoms with Gasteiger partial charge in [-0.25, -0.2) is 4.79 Å². The lowest BCUT2D eigenvalue weighted by atomic mass is 10.0. The summed E-state index contributed by atoms with van der Waals surface area (Å²) in [7, 11) is 1.29. The number of hydrogen-bond donors (Lipinski definition) is 1. The van der Waals surface area contributed by atoms with Crippen molar-refractivity contribution in [3.05, 3.63) is 0 Å². The number of carbonyl (C=O) groups is 2. The summed E-state index contributed by atoms with van der Waals surface area (Å²) in [5, 5.41) is 13.9. The molecule has 3 atom stereocenters. The molecule has 110 valence electrons. The smallest absolute Gasteiger partial charge is 0.335 e. The van der Waals surface area contributed by atoms with Gasteiger partial charge in [0.05, 0.1) is 13.7 Å². The van der Waals surface area contributed by atoms with Crippen molar-refractivity contribution in [2.45, 2.75) is 39.0 Å². The number of carbonyl (C=O) groups excluding carboxylic acids is 2. The standard InChI is InChI=1S/C11H17N5O4/c1-4-16-14-11(13-15-16)12-9(17)7-5-6(2)8(20-7)10(18)19-3/h6-8H,4-5H2,1-3H3,(H,12,14,17)/t6-,7-,8-/m0/s1. The first-order valence-corrected chi connectivity index (χ1v) is 6.37. The van der Waals surface area contributed by atoms with E-state index in [2.05, 4.69) is 25.5 Å². The van der Waals surface area contributed by atoms with Crippen molar-refractivity contribution in [2.24, 2.45) is 5.92 Å². The van der Waals surface area contributed by atoms with E-state index in [-0.39, 0.29) is 17.8 Å². The van der Waals surface area contributed by atoms with Gasteiger partial charge in [-0.1, -0.05) is 12.0 Å². The van der Waals surface area contributed by atoms with Crippen molar-refractivity contribution in [3.8, 4) is 0 Å². The topological polar surface area (TPSA) is 108 Å². The molecule has 1 aromatic rings. The Morgan fingerprint density at radius 2 is 2.30 bits per heavy atom. The molecule has 9 nitrogen and oxygen atoms in total. The molecular weight excluding hydrogens is 266 g/mol. The van der Waals surface area contributed by atoms with Gasteiger partial charge in [-0.2, -0.15) is 4.80 Å². The average Bonchev–Trinajstić information content (AvgIpc) is 3.04. The summed E-state index contributed by atoms with van der Waals surface area (Å²) >= 11 is 0. The minimum atomic E-state index is -0.720. The highest BCUT2D eigenvalue weighted by molar-refractivity contribution is 5.93. The van der Waals surface area contributed by atoms with Crippen molar-refractivity contribution in [1.82, 2.24) is 20.2 Å². The molecule has 2 heterocycles. The van der Waals surface area contributed by atoms with Crippen LogP contribution in [-0.4, -0.2) is 51.4 Å². The summed E-state index contributed by atoms with van der Waals surface area (Å²) in [6.45, 7) is 4.25. The first-order chi connectivity index (χ1) is 9.55. The molecule has 20 heavy (non-hydrogen) atoms. The third kappa shape index (κ3) is 2.93. The predicted octanol–water partition coefficient (Wildman–Crippen LogP) is -0.402. The molecule has 1 fully saturated rings. The molecule has 0 aliphatic carbocycles. The van der Waals surface area contributed by atoms with Crippen LogP contribution in [0.1, 0.15) is 20.3 Å². The number of aromatic nitrogens is 4. The van der Waals surface area contributed by atoms with Crippen LogP contribution in [0.15, 0.2) is 0 Å². The Hall–Kier alpha value is -2.03. The van der Waals surface area contributed by atoms with Crippen molar-refractivity contribution < 1.29 is 19.1 Å². The third-order valence-electron chi connectivity index (χ3n) is 3.11. The largest absolute Gasteiger partial charge is 0.467 e. The molecule has 0 radical (unpaired) electrons. The highest BCUT2D eigenvalue weighted by atomic mass is 16.6. The Labute approximate surface area is 115 Å². The van der Waals surface area contributed by atoms with E-state index in [0.717, 1.165) is 0 Å². The molecule has 1 amide bonds. The van der Waals surface area contributed by atoms with Crippen LogP contribution < -0.4 is 5.32 Å².